The topological polar surface area (TPSA) is 79.4 Å². The monoisotopic (exact) mass is 260 g/mol. The SMILES string of the molecule is CC1CCC(c2noc(-c3cc(O)cc(O)c3)n2)C1. The summed E-state index contributed by atoms with van der Waals surface area (Å²) in [6.45, 7) is 2.23. The van der Waals surface area contributed by atoms with Gasteiger partial charge in [-0.25, -0.2) is 0 Å². The molecule has 3 rings (SSSR count). The Morgan fingerprint density at radius 3 is 2.53 bits per heavy atom. The van der Waals surface area contributed by atoms with E-state index in [9.17, 15) is 10.2 Å². The molecule has 1 saturated carbocycles. The number of aromatic hydroxyl groups is 2. The Balaban J connectivity index is 1.88. The van der Waals surface area contributed by atoms with Crippen LogP contribution in [-0.4, -0.2) is 20.4 Å². The maximum absolute atomic E-state index is 9.46. The van der Waals surface area contributed by atoms with E-state index in [-0.39, 0.29) is 11.5 Å². The molecule has 1 aromatic heterocycles. The van der Waals surface area contributed by atoms with Gasteiger partial charge in [-0.1, -0.05) is 12.1 Å². The fraction of sp³-hybridized carbons (Fsp3) is 0.429. The third-order valence-electron chi connectivity index (χ3n) is 3.65. The zero-order valence-electron chi connectivity index (χ0n) is 10.7. The highest BCUT2D eigenvalue weighted by Gasteiger charge is 2.27. The molecule has 1 aliphatic carbocycles. The predicted octanol–water partition coefficient (Wildman–Crippen LogP) is 3.05. The molecule has 2 atom stereocenters. The number of aromatic nitrogens is 2. The van der Waals surface area contributed by atoms with Crippen molar-refractivity contribution in [3.8, 4) is 23.0 Å². The second-order valence-electron chi connectivity index (χ2n) is 5.31. The van der Waals surface area contributed by atoms with Crippen LogP contribution >= 0.6 is 0 Å². The molecule has 1 fully saturated rings. The van der Waals surface area contributed by atoms with E-state index < -0.39 is 0 Å². The molecule has 5 nitrogen and oxygen atoms in total. The predicted molar refractivity (Wildman–Crippen MR) is 68.8 cm³/mol. The number of nitrogens with zero attached hydrogens (tertiary/aromatic N) is 2. The molecule has 0 aliphatic heterocycles. The molecule has 0 amide bonds. The lowest BCUT2D eigenvalue weighted by molar-refractivity contribution is 0.413. The second kappa shape index (κ2) is 4.57. The van der Waals surface area contributed by atoms with Crippen LogP contribution in [0.4, 0.5) is 0 Å². The number of benzene rings is 1. The number of hydrogen-bond acceptors (Lipinski definition) is 5. The molecule has 1 aromatic carbocycles. The van der Waals surface area contributed by atoms with Crippen molar-refractivity contribution in [2.24, 2.45) is 5.92 Å². The summed E-state index contributed by atoms with van der Waals surface area (Å²) in [5.74, 6) is 2.08. The van der Waals surface area contributed by atoms with Crippen molar-refractivity contribution in [1.82, 2.24) is 10.1 Å². The summed E-state index contributed by atoms with van der Waals surface area (Å²) < 4.78 is 5.23. The molecule has 5 heteroatoms. The average molecular weight is 260 g/mol. The van der Waals surface area contributed by atoms with Gasteiger partial charge < -0.3 is 14.7 Å². The first-order chi connectivity index (χ1) is 9.11. The molecular weight excluding hydrogens is 244 g/mol. The van der Waals surface area contributed by atoms with Crippen LogP contribution in [-0.2, 0) is 0 Å². The fourth-order valence-electron chi connectivity index (χ4n) is 2.68. The van der Waals surface area contributed by atoms with Crippen molar-refractivity contribution >= 4 is 0 Å². The minimum Gasteiger partial charge on any atom is -0.508 e. The zero-order chi connectivity index (χ0) is 13.4. The summed E-state index contributed by atoms with van der Waals surface area (Å²) in [6, 6.07) is 4.25. The van der Waals surface area contributed by atoms with Gasteiger partial charge in [0.1, 0.15) is 11.5 Å². The Hall–Kier alpha value is -2.04. The van der Waals surface area contributed by atoms with Gasteiger partial charge >= 0.3 is 0 Å². The first-order valence-corrected chi connectivity index (χ1v) is 6.49. The number of hydrogen-bond donors (Lipinski definition) is 2. The van der Waals surface area contributed by atoms with Gasteiger partial charge in [0.05, 0.1) is 0 Å². The smallest absolute Gasteiger partial charge is 0.258 e. The summed E-state index contributed by atoms with van der Waals surface area (Å²) in [7, 11) is 0. The highest BCUT2D eigenvalue weighted by molar-refractivity contribution is 5.58. The molecule has 2 aromatic rings. The van der Waals surface area contributed by atoms with Crippen molar-refractivity contribution in [2.45, 2.75) is 32.1 Å². The molecule has 0 saturated heterocycles. The van der Waals surface area contributed by atoms with Crippen LogP contribution in [0.1, 0.15) is 37.9 Å². The second-order valence-corrected chi connectivity index (χ2v) is 5.31. The van der Waals surface area contributed by atoms with Crippen LogP contribution in [0.15, 0.2) is 22.7 Å². The standard InChI is InChI=1S/C14H16N2O3/c1-8-2-3-9(4-8)13-15-14(19-16-13)10-5-11(17)7-12(18)6-10/h5-9,17-18H,2-4H2,1H3. The van der Waals surface area contributed by atoms with Gasteiger partial charge in [0.2, 0.25) is 0 Å². The van der Waals surface area contributed by atoms with E-state index in [0.29, 0.717) is 23.3 Å². The molecule has 2 unspecified atom stereocenters. The Bertz CT molecular complexity index is 574. The van der Waals surface area contributed by atoms with Gasteiger partial charge in [-0.3, -0.25) is 0 Å². The zero-order valence-corrected chi connectivity index (χ0v) is 10.7. The number of phenolic OH excluding ortho intramolecular Hbond substituents is 2. The van der Waals surface area contributed by atoms with Crippen molar-refractivity contribution in [1.29, 1.82) is 0 Å². The fourth-order valence-corrected chi connectivity index (χ4v) is 2.68. The highest BCUT2D eigenvalue weighted by Crippen LogP contribution is 2.37. The normalized spacial score (nSPS) is 22.8. The number of rotatable bonds is 2. The van der Waals surface area contributed by atoms with Crippen LogP contribution in [0.3, 0.4) is 0 Å². The van der Waals surface area contributed by atoms with E-state index in [4.69, 9.17) is 4.52 Å². The minimum absolute atomic E-state index is 0.0239. The molecule has 100 valence electrons. The van der Waals surface area contributed by atoms with E-state index >= 15 is 0 Å². The quantitative estimate of drug-likeness (QED) is 0.867. The largest absolute Gasteiger partial charge is 0.508 e. The van der Waals surface area contributed by atoms with Gasteiger partial charge in [0.25, 0.3) is 5.89 Å². The van der Waals surface area contributed by atoms with Gasteiger partial charge in [-0.2, -0.15) is 4.98 Å². The average Bonchev–Trinajstić information content (AvgIpc) is 2.95. The van der Waals surface area contributed by atoms with Crippen molar-refractivity contribution < 1.29 is 14.7 Å². The van der Waals surface area contributed by atoms with E-state index in [1.54, 1.807) is 0 Å². The van der Waals surface area contributed by atoms with Crippen molar-refractivity contribution in [2.75, 3.05) is 0 Å². The Morgan fingerprint density at radius 1 is 1.16 bits per heavy atom. The lowest BCUT2D eigenvalue weighted by Gasteiger charge is -2.01. The Labute approximate surface area is 110 Å². The highest BCUT2D eigenvalue weighted by atomic mass is 16.5. The van der Waals surface area contributed by atoms with E-state index in [1.807, 2.05) is 0 Å². The van der Waals surface area contributed by atoms with E-state index in [1.165, 1.54) is 24.6 Å². The third-order valence-corrected chi connectivity index (χ3v) is 3.65. The van der Waals surface area contributed by atoms with Crippen LogP contribution < -0.4 is 0 Å². The van der Waals surface area contributed by atoms with Gasteiger partial charge in [0.15, 0.2) is 5.82 Å². The van der Waals surface area contributed by atoms with Crippen molar-refractivity contribution in [3.05, 3.63) is 24.0 Å². The summed E-state index contributed by atoms with van der Waals surface area (Å²) in [5.41, 5.74) is 0.530. The van der Waals surface area contributed by atoms with Crippen LogP contribution in [0.5, 0.6) is 11.5 Å². The van der Waals surface area contributed by atoms with E-state index in [2.05, 4.69) is 17.1 Å². The number of phenols is 2. The van der Waals surface area contributed by atoms with Gasteiger partial charge in [0, 0.05) is 17.5 Å². The molecular formula is C14H16N2O3. The molecule has 0 radical (unpaired) electrons. The van der Waals surface area contributed by atoms with Crippen molar-refractivity contribution in [3.63, 3.8) is 0 Å². The molecule has 1 aliphatic rings. The summed E-state index contributed by atoms with van der Waals surface area (Å²) in [5, 5.41) is 22.9. The lowest BCUT2D eigenvalue weighted by Crippen LogP contribution is -1.96. The van der Waals surface area contributed by atoms with Crippen LogP contribution in [0, 0.1) is 5.92 Å². The third kappa shape index (κ3) is 2.41. The first kappa shape index (κ1) is 12.0. The molecule has 2 N–H and O–H groups in total. The summed E-state index contributed by atoms with van der Waals surface area (Å²) in [4.78, 5) is 4.38. The summed E-state index contributed by atoms with van der Waals surface area (Å²) in [6.07, 6.45) is 3.37. The summed E-state index contributed by atoms with van der Waals surface area (Å²) >= 11 is 0. The maximum atomic E-state index is 9.46. The van der Waals surface area contributed by atoms with Gasteiger partial charge in [-0.15, -0.1) is 0 Å². The van der Waals surface area contributed by atoms with E-state index in [0.717, 1.165) is 18.7 Å². The molecule has 0 bridgehead atoms. The lowest BCUT2D eigenvalue weighted by atomic mass is 10.1. The first-order valence-electron chi connectivity index (χ1n) is 6.49. The van der Waals surface area contributed by atoms with Crippen LogP contribution in [0.25, 0.3) is 11.5 Å². The molecule has 0 spiro atoms. The molecule has 19 heavy (non-hydrogen) atoms. The Kier molecular flexibility index (Phi) is 2.89. The van der Waals surface area contributed by atoms with Crippen LogP contribution in [0.2, 0.25) is 0 Å². The van der Waals surface area contributed by atoms with Gasteiger partial charge in [-0.05, 0) is 37.3 Å². The minimum atomic E-state index is -0.0239. The Morgan fingerprint density at radius 2 is 1.89 bits per heavy atom. The molecule has 1 heterocycles. The maximum Gasteiger partial charge on any atom is 0.258 e.